The number of aromatic nitrogens is 2. The number of nitrogens with one attached hydrogen (secondary N) is 2. The molecular formula is C18H18N6O2. The number of benzene rings is 1. The summed E-state index contributed by atoms with van der Waals surface area (Å²) in [4.78, 5) is 12.5. The second-order valence-corrected chi connectivity index (χ2v) is 6.40. The number of anilines is 1. The number of H-pyrrole nitrogens is 1. The Morgan fingerprint density at radius 2 is 2.00 bits per heavy atom. The first kappa shape index (κ1) is 18.7. The molecule has 0 aliphatic rings. The third kappa shape index (κ3) is 3.70. The van der Waals surface area contributed by atoms with Crippen LogP contribution in [0.5, 0.6) is 5.75 Å². The van der Waals surface area contributed by atoms with Crippen LogP contribution in [0.1, 0.15) is 42.4 Å². The second-order valence-electron chi connectivity index (χ2n) is 6.40. The van der Waals surface area contributed by atoms with Gasteiger partial charge in [0.25, 0.3) is 0 Å². The third-order valence-electron chi connectivity index (χ3n) is 3.57. The van der Waals surface area contributed by atoms with Crippen LogP contribution in [0.25, 0.3) is 0 Å². The molecule has 0 spiro atoms. The summed E-state index contributed by atoms with van der Waals surface area (Å²) in [6.07, 6.45) is 0. The molecule has 2 rings (SSSR count). The average molecular weight is 350 g/mol. The predicted octanol–water partition coefficient (Wildman–Crippen LogP) is 2.76. The lowest BCUT2D eigenvalue weighted by atomic mass is 9.90. The molecule has 0 unspecified atom stereocenters. The summed E-state index contributed by atoms with van der Waals surface area (Å²) in [6, 6.07) is 10.4. The summed E-state index contributed by atoms with van der Waals surface area (Å²) < 4.78 is 5.14. The van der Waals surface area contributed by atoms with Gasteiger partial charge in [0.1, 0.15) is 23.5 Å². The summed E-state index contributed by atoms with van der Waals surface area (Å²) in [7, 11) is 1.44. The zero-order chi connectivity index (χ0) is 19.3. The molecule has 26 heavy (non-hydrogen) atoms. The van der Waals surface area contributed by atoms with Crippen molar-refractivity contribution in [3.05, 3.63) is 41.1 Å². The highest BCUT2D eigenvalue weighted by molar-refractivity contribution is 6.51. The number of para-hydroxylation sites is 1. The van der Waals surface area contributed by atoms with E-state index in [-0.39, 0.29) is 28.1 Å². The minimum Gasteiger partial charge on any atom is -0.496 e. The van der Waals surface area contributed by atoms with Crippen LogP contribution in [0, 0.1) is 22.7 Å². The summed E-state index contributed by atoms with van der Waals surface area (Å²) in [6.45, 7) is 5.79. The summed E-state index contributed by atoms with van der Waals surface area (Å²) in [5.74, 6) is -0.103. The Kier molecular flexibility index (Phi) is 5.39. The van der Waals surface area contributed by atoms with Gasteiger partial charge in [0, 0.05) is 5.41 Å². The molecule has 8 nitrogen and oxygen atoms in total. The van der Waals surface area contributed by atoms with Gasteiger partial charge >= 0.3 is 0 Å². The molecule has 1 heterocycles. The quantitative estimate of drug-likeness (QED) is 0.485. The number of Topliss-reactive ketones (excluding diaryl/α,β-unsaturated/α-hetero) is 1. The Morgan fingerprint density at radius 1 is 1.31 bits per heavy atom. The van der Waals surface area contributed by atoms with Gasteiger partial charge in [-0.3, -0.25) is 15.3 Å². The number of carbonyl (C=O) groups is 1. The van der Waals surface area contributed by atoms with Gasteiger partial charge in [0.05, 0.1) is 18.4 Å². The highest BCUT2D eigenvalue weighted by Crippen LogP contribution is 2.27. The Morgan fingerprint density at radius 3 is 2.58 bits per heavy atom. The molecular weight excluding hydrogens is 332 g/mol. The van der Waals surface area contributed by atoms with Gasteiger partial charge in [-0.1, -0.05) is 32.9 Å². The van der Waals surface area contributed by atoms with E-state index in [2.05, 4.69) is 26.8 Å². The number of nitrogens with zero attached hydrogens (tertiary/aromatic N) is 4. The molecule has 1 aromatic heterocycles. The fourth-order valence-corrected chi connectivity index (χ4v) is 2.27. The van der Waals surface area contributed by atoms with Crippen LogP contribution in [0.4, 0.5) is 5.82 Å². The Balaban J connectivity index is 2.35. The monoisotopic (exact) mass is 350 g/mol. The van der Waals surface area contributed by atoms with E-state index >= 15 is 0 Å². The Bertz CT molecular complexity index is 938. The molecule has 0 saturated heterocycles. The van der Waals surface area contributed by atoms with Crippen molar-refractivity contribution in [1.29, 1.82) is 10.5 Å². The van der Waals surface area contributed by atoms with Gasteiger partial charge in [0.2, 0.25) is 11.5 Å². The third-order valence-corrected chi connectivity index (χ3v) is 3.57. The highest BCUT2D eigenvalue weighted by Gasteiger charge is 2.24. The minimum absolute atomic E-state index is 0.151. The lowest BCUT2D eigenvalue weighted by Gasteiger charge is -2.15. The zero-order valence-corrected chi connectivity index (χ0v) is 14.9. The predicted molar refractivity (Wildman–Crippen MR) is 96.0 cm³/mol. The van der Waals surface area contributed by atoms with Crippen LogP contribution in [-0.2, 0) is 5.41 Å². The van der Waals surface area contributed by atoms with Gasteiger partial charge < -0.3 is 4.74 Å². The number of hydrogen-bond donors (Lipinski definition) is 2. The molecule has 0 saturated carbocycles. The second kappa shape index (κ2) is 7.49. The van der Waals surface area contributed by atoms with Gasteiger partial charge in [-0.05, 0) is 12.1 Å². The van der Waals surface area contributed by atoms with Crippen molar-refractivity contribution in [3.8, 4) is 17.9 Å². The number of ether oxygens (including phenoxy) is 1. The van der Waals surface area contributed by atoms with Crippen LogP contribution >= 0.6 is 0 Å². The molecule has 0 amide bonds. The van der Waals surface area contributed by atoms with Gasteiger partial charge in [0.15, 0.2) is 5.82 Å². The van der Waals surface area contributed by atoms with Crippen LogP contribution < -0.4 is 10.2 Å². The highest BCUT2D eigenvalue weighted by atomic mass is 16.5. The maximum atomic E-state index is 12.5. The minimum atomic E-state index is -0.595. The van der Waals surface area contributed by atoms with E-state index in [9.17, 15) is 15.3 Å². The average Bonchev–Trinajstić information content (AvgIpc) is 3.05. The number of ketones is 1. The number of methoxy groups -OCH3 is 1. The molecule has 0 radical (unpaired) electrons. The van der Waals surface area contributed by atoms with Crippen LogP contribution in [0.2, 0.25) is 0 Å². The van der Waals surface area contributed by atoms with Crippen molar-refractivity contribution in [2.45, 2.75) is 26.2 Å². The SMILES string of the molecule is COc1ccccc1C(=O)C(C#N)=NNc1n[nH]c(C(C)(C)C)c1C#N. The van der Waals surface area contributed by atoms with Crippen molar-refractivity contribution in [2.75, 3.05) is 12.5 Å². The maximum Gasteiger partial charge on any atom is 0.227 e. The van der Waals surface area contributed by atoms with Crippen molar-refractivity contribution in [2.24, 2.45) is 5.10 Å². The molecule has 2 N–H and O–H groups in total. The van der Waals surface area contributed by atoms with Crippen LogP contribution in [0.3, 0.4) is 0 Å². The fraction of sp³-hybridized carbons (Fsp3) is 0.278. The maximum absolute atomic E-state index is 12.5. The van der Waals surface area contributed by atoms with E-state index in [1.54, 1.807) is 30.3 Å². The summed E-state index contributed by atoms with van der Waals surface area (Å²) in [5.41, 5.74) is 2.96. The van der Waals surface area contributed by atoms with E-state index in [1.807, 2.05) is 20.8 Å². The van der Waals surface area contributed by atoms with Crippen LogP contribution in [0.15, 0.2) is 29.4 Å². The largest absolute Gasteiger partial charge is 0.496 e. The van der Waals surface area contributed by atoms with E-state index in [0.717, 1.165) is 0 Å². The zero-order valence-electron chi connectivity index (χ0n) is 14.9. The fourth-order valence-electron chi connectivity index (χ4n) is 2.27. The Labute approximate surface area is 151 Å². The van der Waals surface area contributed by atoms with Crippen LogP contribution in [-0.4, -0.2) is 28.8 Å². The summed E-state index contributed by atoms with van der Waals surface area (Å²) >= 11 is 0. The number of hydrazone groups is 1. The molecule has 8 heteroatoms. The first-order valence-corrected chi connectivity index (χ1v) is 7.74. The molecule has 132 valence electrons. The molecule has 0 fully saturated rings. The Hall–Kier alpha value is -3.65. The van der Waals surface area contributed by atoms with E-state index in [4.69, 9.17) is 4.74 Å². The topological polar surface area (TPSA) is 127 Å². The number of nitriles is 2. The molecule has 0 bridgehead atoms. The number of rotatable bonds is 5. The number of carbonyl (C=O) groups excluding carboxylic acids is 1. The number of aromatic amines is 1. The van der Waals surface area contributed by atoms with Crippen molar-refractivity contribution >= 4 is 17.3 Å². The molecule has 2 aromatic rings. The van der Waals surface area contributed by atoms with Crippen molar-refractivity contribution in [3.63, 3.8) is 0 Å². The molecule has 1 aromatic carbocycles. The smallest absolute Gasteiger partial charge is 0.227 e. The first-order valence-electron chi connectivity index (χ1n) is 7.74. The van der Waals surface area contributed by atoms with Gasteiger partial charge in [-0.25, -0.2) is 0 Å². The lowest BCUT2D eigenvalue weighted by molar-refractivity contribution is 0.106. The lowest BCUT2D eigenvalue weighted by Crippen LogP contribution is -2.15. The standard InChI is InChI=1S/C18H18N6O2/c1-18(2,3)16-12(9-19)17(24-22-16)23-21-13(10-20)15(25)11-7-5-6-8-14(11)26-4/h5-8H,1-4H3,(H2,22,23,24). The molecule has 0 aliphatic carbocycles. The van der Waals surface area contributed by atoms with E-state index in [1.165, 1.54) is 7.11 Å². The van der Waals surface area contributed by atoms with Crippen molar-refractivity contribution < 1.29 is 9.53 Å². The van der Waals surface area contributed by atoms with Crippen molar-refractivity contribution in [1.82, 2.24) is 10.2 Å². The number of hydrogen-bond acceptors (Lipinski definition) is 7. The van der Waals surface area contributed by atoms with Gasteiger partial charge in [-0.15, -0.1) is 0 Å². The normalized spacial score (nSPS) is 11.4. The molecule has 0 aliphatic heterocycles. The summed E-state index contributed by atoms with van der Waals surface area (Å²) in [5, 5.41) is 29.3. The first-order chi connectivity index (χ1) is 12.3. The van der Waals surface area contributed by atoms with E-state index in [0.29, 0.717) is 11.4 Å². The van der Waals surface area contributed by atoms with E-state index < -0.39 is 5.78 Å². The molecule has 0 atom stereocenters. The van der Waals surface area contributed by atoms with Gasteiger partial charge in [-0.2, -0.15) is 20.7 Å².